The lowest BCUT2D eigenvalue weighted by Crippen LogP contribution is -2.47. The van der Waals surface area contributed by atoms with Crippen molar-refractivity contribution in [3.63, 3.8) is 0 Å². The summed E-state index contributed by atoms with van der Waals surface area (Å²) in [5, 5.41) is 17.8. The van der Waals surface area contributed by atoms with Crippen molar-refractivity contribution in [3.8, 4) is 11.8 Å². The predicted octanol–water partition coefficient (Wildman–Crippen LogP) is 0.711. The van der Waals surface area contributed by atoms with E-state index in [9.17, 15) is 4.79 Å². The Balaban J connectivity index is 1.92. The number of ether oxygens (including phenoxy) is 2. The van der Waals surface area contributed by atoms with Gasteiger partial charge in [-0.15, -0.1) is 0 Å². The quantitative estimate of drug-likeness (QED) is 0.862. The van der Waals surface area contributed by atoms with Crippen LogP contribution in [0.3, 0.4) is 0 Å². The van der Waals surface area contributed by atoms with E-state index in [4.69, 9.17) is 19.8 Å². The van der Waals surface area contributed by atoms with Gasteiger partial charge in [0.2, 0.25) is 0 Å². The molecule has 0 aromatic carbocycles. The van der Waals surface area contributed by atoms with Gasteiger partial charge in [0.1, 0.15) is 18.8 Å². The maximum Gasteiger partial charge on any atom is 0.407 e. The van der Waals surface area contributed by atoms with Gasteiger partial charge in [-0.3, -0.25) is 4.98 Å². The van der Waals surface area contributed by atoms with Crippen LogP contribution in [0.4, 0.5) is 4.79 Å². The van der Waals surface area contributed by atoms with Gasteiger partial charge >= 0.3 is 6.09 Å². The lowest BCUT2D eigenvalue weighted by molar-refractivity contribution is -0.0412. The Morgan fingerprint density at radius 1 is 1.74 bits per heavy atom. The molecule has 1 aliphatic rings. The molecule has 0 spiro atoms. The summed E-state index contributed by atoms with van der Waals surface area (Å²) in [5.74, 6) is 0.376. The van der Waals surface area contributed by atoms with Gasteiger partial charge < -0.3 is 19.5 Å². The molecule has 7 heteroatoms. The first kappa shape index (κ1) is 13.1. The highest BCUT2D eigenvalue weighted by Crippen LogP contribution is 2.16. The zero-order chi connectivity index (χ0) is 13.7. The molecular formula is C12H13N3O4. The highest BCUT2D eigenvalue weighted by atomic mass is 16.5. The van der Waals surface area contributed by atoms with E-state index in [0.717, 1.165) is 0 Å². The van der Waals surface area contributed by atoms with Crippen LogP contribution in [-0.4, -0.2) is 53.5 Å². The number of aromatic nitrogens is 1. The maximum absolute atomic E-state index is 10.9. The Morgan fingerprint density at radius 3 is 3.32 bits per heavy atom. The summed E-state index contributed by atoms with van der Waals surface area (Å²) in [5.41, 5.74) is 0.390. The molecule has 2 heterocycles. The van der Waals surface area contributed by atoms with E-state index in [0.29, 0.717) is 24.5 Å². The van der Waals surface area contributed by atoms with Crippen molar-refractivity contribution >= 4 is 6.09 Å². The minimum absolute atomic E-state index is 0.185. The number of amides is 1. The zero-order valence-electron chi connectivity index (χ0n) is 10.2. The second kappa shape index (κ2) is 6.02. The molecule has 7 nitrogen and oxygen atoms in total. The summed E-state index contributed by atoms with van der Waals surface area (Å²) in [4.78, 5) is 16.0. The van der Waals surface area contributed by atoms with Crippen molar-refractivity contribution in [1.82, 2.24) is 9.88 Å². The number of carboxylic acid groups (broad SMARTS) is 1. The van der Waals surface area contributed by atoms with Crippen LogP contribution in [0.1, 0.15) is 5.56 Å². The number of carbonyl (C=O) groups is 1. The molecule has 1 fully saturated rings. The zero-order valence-corrected chi connectivity index (χ0v) is 10.2. The molecule has 1 aliphatic heterocycles. The molecule has 1 atom stereocenters. The third-order valence-electron chi connectivity index (χ3n) is 2.74. The molecule has 0 radical (unpaired) electrons. The Morgan fingerprint density at radius 2 is 2.58 bits per heavy atom. The normalized spacial score (nSPS) is 18.7. The van der Waals surface area contributed by atoms with Gasteiger partial charge in [0.15, 0.2) is 5.75 Å². The van der Waals surface area contributed by atoms with Gasteiger partial charge in [0.05, 0.1) is 24.9 Å². The second-order valence-corrected chi connectivity index (χ2v) is 4.02. The Labute approximate surface area is 110 Å². The minimum atomic E-state index is -0.965. The van der Waals surface area contributed by atoms with E-state index in [1.165, 1.54) is 17.3 Å². The van der Waals surface area contributed by atoms with Gasteiger partial charge in [0.25, 0.3) is 0 Å². The van der Waals surface area contributed by atoms with Crippen LogP contribution in [0.25, 0.3) is 0 Å². The van der Waals surface area contributed by atoms with Crippen molar-refractivity contribution < 1.29 is 19.4 Å². The van der Waals surface area contributed by atoms with Crippen LogP contribution in [0.2, 0.25) is 0 Å². The molecule has 1 aromatic rings. The average Bonchev–Trinajstić information content (AvgIpc) is 2.45. The first-order chi connectivity index (χ1) is 9.20. The third kappa shape index (κ3) is 3.33. The molecule has 0 unspecified atom stereocenters. The number of pyridine rings is 1. The van der Waals surface area contributed by atoms with Crippen LogP contribution >= 0.6 is 0 Å². The van der Waals surface area contributed by atoms with Crippen LogP contribution in [0.5, 0.6) is 5.75 Å². The molecule has 2 rings (SSSR count). The number of hydrogen-bond donors (Lipinski definition) is 1. The fourth-order valence-electron chi connectivity index (χ4n) is 1.76. The van der Waals surface area contributed by atoms with Crippen molar-refractivity contribution in [2.75, 3.05) is 26.3 Å². The summed E-state index contributed by atoms with van der Waals surface area (Å²) in [6.07, 6.45) is 1.66. The van der Waals surface area contributed by atoms with Crippen molar-refractivity contribution in [3.05, 3.63) is 24.0 Å². The first-order valence-corrected chi connectivity index (χ1v) is 5.77. The van der Waals surface area contributed by atoms with Gasteiger partial charge in [-0.2, -0.15) is 5.26 Å². The Bertz CT molecular complexity index is 500. The number of morpholine rings is 1. The number of hydrogen-bond acceptors (Lipinski definition) is 5. The average molecular weight is 263 g/mol. The fourth-order valence-corrected chi connectivity index (χ4v) is 1.76. The second-order valence-electron chi connectivity index (χ2n) is 4.02. The monoisotopic (exact) mass is 263 g/mol. The van der Waals surface area contributed by atoms with Crippen LogP contribution in [0.15, 0.2) is 18.5 Å². The Hall–Kier alpha value is -2.33. The molecule has 1 amide bonds. The fraction of sp³-hybridized carbons (Fsp3) is 0.417. The lowest BCUT2D eigenvalue weighted by atomic mass is 10.2. The standard InChI is InChI=1S/C12H13N3O4/c13-5-9-1-2-14-6-11(9)19-8-10-7-15(12(16)17)3-4-18-10/h1-2,6,10H,3-4,7-8H2,(H,16,17)/t10-/m1/s1. The van der Waals surface area contributed by atoms with Crippen molar-refractivity contribution in [2.24, 2.45) is 0 Å². The molecule has 1 N–H and O–H groups in total. The molecule has 100 valence electrons. The van der Waals surface area contributed by atoms with Gasteiger partial charge in [-0.05, 0) is 6.07 Å². The molecular weight excluding hydrogens is 250 g/mol. The highest BCUT2D eigenvalue weighted by Gasteiger charge is 2.24. The van der Waals surface area contributed by atoms with E-state index in [2.05, 4.69) is 4.98 Å². The maximum atomic E-state index is 10.9. The summed E-state index contributed by atoms with van der Waals surface area (Å²) < 4.78 is 10.9. The predicted molar refractivity (Wildman–Crippen MR) is 63.8 cm³/mol. The van der Waals surface area contributed by atoms with Crippen LogP contribution < -0.4 is 4.74 Å². The van der Waals surface area contributed by atoms with E-state index < -0.39 is 6.09 Å². The van der Waals surface area contributed by atoms with Crippen LogP contribution in [0, 0.1) is 11.3 Å². The molecule has 19 heavy (non-hydrogen) atoms. The first-order valence-electron chi connectivity index (χ1n) is 5.77. The molecule has 0 saturated carbocycles. The smallest absolute Gasteiger partial charge is 0.407 e. The van der Waals surface area contributed by atoms with E-state index in [1.807, 2.05) is 6.07 Å². The number of nitrogens with zero attached hydrogens (tertiary/aromatic N) is 3. The molecule has 1 aromatic heterocycles. The summed E-state index contributed by atoms with van der Waals surface area (Å²) in [6.45, 7) is 1.16. The van der Waals surface area contributed by atoms with E-state index in [1.54, 1.807) is 6.07 Å². The SMILES string of the molecule is N#Cc1ccncc1OC[C@H]1CN(C(=O)O)CCO1. The minimum Gasteiger partial charge on any atom is -0.488 e. The lowest BCUT2D eigenvalue weighted by Gasteiger charge is -2.30. The van der Waals surface area contributed by atoms with Gasteiger partial charge in [-0.1, -0.05) is 0 Å². The van der Waals surface area contributed by atoms with Crippen molar-refractivity contribution in [1.29, 1.82) is 5.26 Å². The van der Waals surface area contributed by atoms with Gasteiger partial charge in [-0.25, -0.2) is 4.79 Å². The molecule has 0 aliphatic carbocycles. The Kier molecular flexibility index (Phi) is 4.15. The highest BCUT2D eigenvalue weighted by molar-refractivity contribution is 5.65. The van der Waals surface area contributed by atoms with Crippen LogP contribution in [-0.2, 0) is 4.74 Å². The summed E-state index contributed by atoms with van der Waals surface area (Å²) >= 11 is 0. The number of nitriles is 1. The summed E-state index contributed by atoms with van der Waals surface area (Å²) in [7, 11) is 0. The van der Waals surface area contributed by atoms with Gasteiger partial charge in [0, 0.05) is 12.7 Å². The topological polar surface area (TPSA) is 95.7 Å². The van der Waals surface area contributed by atoms with Crippen molar-refractivity contribution in [2.45, 2.75) is 6.10 Å². The third-order valence-corrected chi connectivity index (χ3v) is 2.74. The molecule has 1 saturated heterocycles. The summed E-state index contributed by atoms with van der Waals surface area (Å²) in [6, 6.07) is 3.56. The van der Waals surface area contributed by atoms with E-state index in [-0.39, 0.29) is 19.3 Å². The molecule has 0 bridgehead atoms. The largest absolute Gasteiger partial charge is 0.488 e. The number of rotatable bonds is 3. The van der Waals surface area contributed by atoms with E-state index >= 15 is 0 Å².